The zero-order valence-corrected chi connectivity index (χ0v) is 12.6. The highest BCUT2D eigenvalue weighted by molar-refractivity contribution is 6.31. The molecule has 0 saturated heterocycles. The molecule has 0 heterocycles. The van der Waals surface area contributed by atoms with Crippen molar-refractivity contribution in [1.82, 2.24) is 0 Å². The topological polar surface area (TPSA) is 43.1 Å². The number of rotatable bonds is 3. The third-order valence-electron chi connectivity index (χ3n) is 3.98. The van der Waals surface area contributed by atoms with Crippen LogP contribution in [0.1, 0.15) is 22.1 Å². The van der Waals surface area contributed by atoms with Gasteiger partial charge in [0.05, 0.1) is 15.3 Å². The van der Waals surface area contributed by atoms with Crippen LogP contribution in [0.15, 0.2) is 42.5 Å². The molecule has 0 aromatic heterocycles. The van der Waals surface area contributed by atoms with Crippen molar-refractivity contribution >= 4 is 28.9 Å². The van der Waals surface area contributed by atoms with Gasteiger partial charge >= 0.3 is 0 Å². The molecule has 0 saturated carbocycles. The Morgan fingerprint density at radius 1 is 1.24 bits per heavy atom. The minimum atomic E-state index is -0.439. The average molecular weight is 322 g/mol. The van der Waals surface area contributed by atoms with Crippen LogP contribution in [0.2, 0.25) is 5.02 Å². The first-order valence-corrected chi connectivity index (χ1v) is 7.52. The van der Waals surface area contributed by atoms with Gasteiger partial charge in [0.25, 0.3) is 5.69 Å². The molecule has 3 rings (SSSR count). The largest absolute Gasteiger partial charge is 0.270 e. The quantitative estimate of drug-likeness (QED) is 0.456. The molecule has 0 radical (unpaired) electrons. The number of benzene rings is 2. The van der Waals surface area contributed by atoms with Crippen molar-refractivity contribution in [1.29, 1.82) is 0 Å². The maximum absolute atomic E-state index is 10.7. The van der Waals surface area contributed by atoms with Crippen molar-refractivity contribution in [3.05, 3.63) is 74.3 Å². The molecule has 21 heavy (non-hydrogen) atoms. The summed E-state index contributed by atoms with van der Waals surface area (Å²) in [6, 6.07) is 12.8. The van der Waals surface area contributed by atoms with E-state index in [0.717, 1.165) is 18.4 Å². The third kappa shape index (κ3) is 2.76. The van der Waals surface area contributed by atoms with E-state index in [1.807, 2.05) is 12.1 Å². The fraction of sp³-hybridized carbons (Fsp3) is 0.250. The van der Waals surface area contributed by atoms with Crippen molar-refractivity contribution < 1.29 is 4.92 Å². The second-order valence-corrected chi connectivity index (χ2v) is 6.18. The lowest BCUT2D eigenvalue weighted by Gasteiger charge is -2.15. The van der Waals surface area contributed by atoms with E-state index in [2.05, 4.69) is 12.1 Å². The second kappa shape index (κ2) is 5.66. The Hall–Kier alpha value is -1.58. The lowest BCUT2D eigenvalue weighted by Crippen LogP contribution is -2.07. The maximum atomic E-state index is 10.7. The summed E-state index contributed by atoms with van der Waals surface area (Å²) in [7, 11) is 0. The monoisotopic (exact) mass is 321 g/mol. The first kappa shape index (κ1) is 14.4. The molecule has 1 aliphatic carbocycles. The first-order chi connectivity index (χ1) is 10.1. The lowest BCUT2D eigenvalue weighted by atomic mass is 9.96. The molecule has 2 unspecified atom stereocenters. The van der Waals surface area contributed by atoms with E-state index in [-0.39, 0.29) is 17.0 Å². The van der Waals surface area contributed by atoms with Gasteiger partial charge in [-0.3, -0.25) is 10.1 Å². The zero-order valence-electron chi connectivity index (χ0n) is 11.1. The van der Waals surface area contributed by atoms with E-state index in [0.29, 0.717) is 5.02 Å². The summed E-state index contributed by atoms with van der Waals surface area (Å²) in [5.41, 5.74) is 3.38. The molecule has 0 spiro atoms. The minimum Gasteiger partial charge on any atom is -0.258 e. The van der Waals surface area contributed by atoms with Crippen molar-refractivity contribution in [2.75, 3.05) is 0 Å². The Kier molecular flexibility index (Phi) is 3.87. The molecule has 0 bridgehead atoms. The summed E-state index contributed by atoms with van der Waals surface area (Å²) in [5.74, 6) is 0.267. The van der Waals surface area contributed by atoms with Crippen molar-refractivity contribution in [3.8, 4) is 0 Å². The van der Waals surface area contributed by atoms with Crippen LogP contribution in [0.4, 0.5) is 5.69 Å². The van der Waals surface area contributed by atoms with Gasteiger partial charge in [-0.2, -0.15) is 0 Å². The Morgan fingerprint density at radius 2 is 2.00 bits per heavy atom. The zero-order chi connectivity index (χ0) is 15.0. The van der Waals surface area contributed by atoms with Crippen LogP contribution in [0, 0.1) is 16.0 Å². The number of nitro groups is 1. The fourth-order valence-electron chi connectivity index (χ4n) is 2.90. The predicted octanol–water partition coefficient (Wildman–Crippen LogP) is 4.94. The van der Waals surface area contributed by atoms with E-state index in [4.69, 9.17) is 23.2 Å². The summed E-state index contributed by atoms with van der Waals surface area (Å²) in [5, 5.41) is 11.1. The van der Waals surface area contributed by atoms with E-state index in [9.17, 15) is 10.1 Å². The molecule has 3 nitrogen and oxygen atoms in total. The normalized spacial score (nSPS) is 20.3. The van der Waals surface area contributed by atoms with Gasteiger partial charge in [0.15, 0.2) is 0 Å². The molecular weight excluding hydrogens is 309 g/mol. The highest BCUT2D eigenvalue weighted by atomic mass is 35.5. The molecule has 0 aliphatic heterocycles. The summed E-state index contributed by atoms with van der Waals surface area (Å²) < 4.78 is 0. The van der Waals surface area contributed by atoms with E-state index < -0.39 is 4.92 Å². The number of hydrogen-bond acceptors (Lipinski definition) is 2. The van der Waals surface area contributed by atoms with Gasteiger partial charge in [-0.05, 0) is 35.4 Å². The Labute approximate surface area is 132 Å². The number of halogens is 2. The van der Waals surface area contributed by atoms with Gasteiger partial charge in [0.2, 0.25) is 0 Å². The maximum Gasteiger partial charge on any atom is 0.270 e. The fourth-order valence-corrected chi connectivity index (χ4v) is 3.55. The molecular formula is C16H13Cl2NO2. The van der Waals surface area contributed by atoms with Gasteiger partial charge in [0.1, 0.15) is 0 Å². The molecule has 2 aromatic rings. The van der Waals surface area contributed by atoms with Gasteiger partial charge in [-0.25, -0.2) is 0 Å². The van der Waals surface area contributed by atoms with Crippen molar-refractivity contribution in [3.63, 3.8) is 0 Å². The lowest BCUT2D eigenvalue weighted by molar-refractivity contribution is -0.384. The molecule has 2 atom stereocenters. The average Bonchev–Trinajstić information content (AvgIpc) is 2.78. The van der Waals surface area contributed by atoms with Crippen LogP contribution < -0.4 is 0 Å². The number of fused-ring (bicyclic) bond motifs is 1. The van der Waals surface area contributed by atoms with E-state index in [1.165, 1.54) is 23.3 Å². The van der Waals surface area contributed by atoms with Crippen LogP contribution in [0.25, 0.3) is 0 Å². The predicted molar refractivity (Wildman–Crippen MR) is 84.0 cm³/mol. The number of alkyl halides is 1. The molecule has 108 valence electrons. The molecule has 5 heteroatoms. The number of nitro benzene ring substituents is 1. The minimum absolute atomic E-state index is 0.0147. The molecule has 0 fully saturated rings. The van der Waals surface area contributed by atoms with Gasteiger partial charge in [0, 0.05) is 12.1 Å². The highest BCUT2D eigenvalue weighted by Crippen LogP contribution is 2.43. The highest BCUT2D eigenvalue weighted by Gasteiger charge is 2.31. The van der Waals surface area contributed by atoms with E-state index >= 15 is 0 Å². The first-order valence-electron chi connectivity index (χ1n) is 6.71. The Bertz CT molecular complexity index is 702. The van der Waals surface area contributed by atoms with Gasteiger partial charge in [-0.1, -0.05) is 41.9 Å². The van der Waals surface area contributed by atoms with Crippen molar-refractivity contribution in [2.24, 2.45) is 5.92 Å². The molecule has 2 aromatic carbocycles. The van der Waals surface area contributed by atoms with Crippen LogP contribution in [0.3, 0.4) is 0 Å². The number of hydrogen-bond donors (Lipinski definition) is 0. The Balaban J connectivity index is 1.81. The van der Waals surface area contributed by atoms with Crippen LogP contribution in [-0.4, -0.2) is 4.92 Å². The van der Waals surface area contributed by atoms with Gasteiger partial charge in [-0.15, -0.1) is 11.6 Å². The summed E-state index contributed by atoms with van der Waals surface area (Å²) in [4.78, 5) is 10.3. The van der Waals surface area contributed by atoms with Crippen LogP contribution in [0.5, 0.6) is 0 Å². The molecule has 0 N–H and O–H groups in total. The van der Waals surface area contributed by atoms with Crippen LogP contribution in [-0.2, 0) is 12.8 Å². The number of nitrogens with zero attached hydrogens (tertiary/aromatic N) is 1. The molecule has 0 amide bonds. The smallest absolute Gasteiger partial charge is 0.258 e. The third-order valence-corrected chi connectivity index (χ3v) is 4.92. The molecule has 1 aliphatic rings. The van der Waals surface area contributed by atoms with Crippen LogP contribution >= 0.6 is 23.2 Å². The van der Waals surface area contributed by atoms with Crippen molar-refractivity contribution in [2.45, 2.75) is 18.2 Å². The second-order valence-electron chi connectivity index (χ2n) is 5.30. The Morgan fingerprint density at radius 3 is 2.67 bits per heavy atom. The summed E-state index contributed by atoms with van der Waals surface area (Å²) >= 11 is 12.7. The van der Waals surface area contributed by atoms with Gasteiger partial charge < -0.3 is 0 Å². The number of non-ortho nitro benzene ring substituents is 1. The standard InChI is InChI=1S/C16H13Cl2NO2/c17-15-9-13(19(20)21)6-5-11(15)8-12-7-10-3-1-2-4-14(10)16(12)18/h1-6,9,12,16H,7-8H2. The SMILES string of the molecule is O=[N+]([O-])c1ccc(CC2Cc3ccccc3C2Cl)c(Cl)c1. The summed E-state index contributed by atoms with van der Waals surface area (Å²) in [6.07, 6.45) is 1.64. The summed E-state index contributed by atoms with van der Waals surface area (Å²) in [6.45, 7) is 0. The van der Waals surface area contributed by atoms with E-state index in [1.54, 1.807) is 6.07 Å².